The number of carbonyl (C=O) groups excluding carboxylic acids is 1. The number of hydrogen-bond acceptors (Lipinski definition) is 3. The van der Waals surface area contributed by atoms with Crippen LogP contribution in [-0.2, 0) is 6.54 Å². The molecule has 0 saturated heterocycles. The van der Waals surface area contributed by atoms with Gasteiger partial charge >= 0.3 is 0 Å². The van der Waals surface area contributed by atoms with Crippen LogP contribution in [0.25, 0.3) is 0 Å². The zero-order chi connectivity index (χ0) is 13.8. The van der Waals surface area contributed by atoms with Crippen molar-refractivity contribution in [1.82, 2.24) is 9.78 Å². The van der Waals surface area contributed by atoms with Gasteiger partial charge in [-0.15, -0.1) is 0 Å². The molecule has 1 heterocycles. The van der Waals surface area contributed by atoms with Crippen molar-refractivity contribution in [1.29, 1.82) is 0 Å². The van der Waals surface area contributed by atoms with Crippen LogP contribution in [0.3, 0.4) is 0 Å². The standard InChI is InChI=1S/C14H18N4O/c1-4-18-9-12(8-16-18)17-14(19)11-5-6-13(15-3)10(2)7-11/h5-9,15H,4H2,1-3H3,(H,17,19). The molecule has 2 rings (SSSR count). The molecular formula is C14H18N4O. The van der Waals surface area contributed by atoms with Crippen LogP contribution in [0.1, 0.15) is 22.8 Å². The Labute approximate surface area is 112 Å². The van der Waals surface area contributed by atoms with Crippen LogP contribution in [-0.4, -0.2) is 22.7 Å². The van der Waals surface area contributed by atoms with E-state index in [2.05, 4.69) is 15.7 Å². The summed E-state index contributed by atoms with van der Waals surface area (Å²) in [5.41, 5.74) is 3.41. The Bertz CT molecular complexity index is 589. The van der Waals surface area contributed by atoms with Gasteiger partial charge in [-0.1, -0.05) is 0 Å². The molecule has 0 radical (unpaired) electrons. The van der Waals surface area contributed by atoms with E-state index in [0.717, 1.165) is 17.8 Å². The van der Waals surface area contributed by atoms with Gasteiger partial charge in [0, 0.05) is 31.0 Å². The minimum atomic E-state index is -0.124. The van der Waals surface area contributed by atoms with Gasteiger partial charge in [-0.2, -0.15) is 5.10 Å². The summed E-state index contributed by atoms with van der Waals surface area (Å²) in [6.07, 6.45) is 3.46. The zero-order valence-corrected chi connectivity index (χ0v) is 11.4. The summed E-state index contributed by atoms with van der Waals surface area (Å²) >= 11 is 0. The lowest BCUT2D eigenvalue weighted by molar-refractivity contribution is 0.102. The second-order valence-electron chi connectivity index (χ2n) is 4.32. The molecule has 0 bridgehead atoms. The number of anilines is 2. The lowest BCUT2D eigenvalue weighted by Gasteiger charge is -2.07. The van der Waals surface area contributed by atoms with Crippen molar-refractivity contribution in [3.8, 4) is 0 Å². The highest BCUT2D eigenvalue weighted by molar-refractivity contribution is 6.04. The van der Waals surface area contributed by atoms with Crippen molar-refractivity contribution in [3.05, 3.63) is 41.7 Å². The minimum absolute atomic E-state index is 0.124. The van der Waals surface area contributed by atoms with Crippen LogP contribution in [0.15, 0.2) is 30.6 Å². The topological polar surface area (TPSA) is 59.0 Å². The molecule has 19 heavy (non-hydrogen) atoms. The van der Waals surface area contributed by atoms with Gasteiger partial charge in [0.25, 0.3) is 5.91 Å². The van der Waals surface area contributed by atoms with E-state index in [4.69, 9.17) is 0 Å². The maximum absolute atomic E-state index is 12.1. The third-order valence-electron chi connectivity index (χ3n) is 2.97. The Morgan fingerprint density at radius 3 is 2.79 bits per heavy atom. The molecule has 5 heteroatoms. The Hall–Kier alpha value is -2.30. The van der Waals surface area contributed by atoms with E-state index < -0.39 is 0 Å². The van der Waals surface area contributed by atoms with Crippen LogP contribution in [0.2, 0.25) is 0 Å². The minimum Gasteiger partial charge on any atom is -0.388 e. The molecule has 0 saturated carbocycles. The van der Waals surface area contributed by atoms with Gasteiger partial charge in [0.2, 0.25) is 0 Å². The molecule has 0 atom stereocenters. The predicted octanol–water partition coefficient (Wildman–Crippen LogP) is 2.51. The highest BCUT2D eigenvalue weighted by Crippen LogP contribution is 2.17. The summed E-state index contributed by atoms with van der Waals surface area (Å²) < 4.78 is 1.77. The molecule has 0 fully saturated rings. The fraction of sp³-hybridized carbons (Fsp3) is 0.286. The van der Waals surface area contributed by atoms with Gasteiger partial charge in [-0.05, 0) is 37.6 Å². The van der Waals surface area contributed by atoms with Crippen LogP contribution in [0.4, 0.5) is 11.4 Å². The number of rotatable bonds is 4. The zero-order valence-electron chi connectivity index (χ0n) is 11.4. The molecule has 2 N–H and O–H groups in total. The second-order valence-corrected chi connectivity index (χ2v) is 4.32. The first-order valence-corrected chi connectivity index (χ1v) is 6.26. The Kier molecular flexibility index (Phi) is 3.85. The van der Waals surface area contributed by atoms with Gasteiger partial charge in [-0.25, -0.2) is 0 Å². The lowest BCUT2D eigenvalue weighted by Crippen LogP contribution is -2.11. The Morgan fingerprint density at radius 1 is 1.42 bits per heavy atom. The van der Waals surface area contributed by atoms with Crippen molar-refractivity contribution in [3.63, 3.8) is 0 Å². The molecule has 100 valence electrons. The fourth-order valence-electron chi connectivity index (χ4n) is 1.89. The molecule has 1 amide bonds. The molecule has 0 aliphatic rings. The Morgan fingerprint density at radius 2 is 2.21 bits per heavy atom. The van der Waals surface area contributed by atoms with E-state index in [1.54, 1.807) is 16.9 Å². The quantitative estimate of drug-likeness (QED) is 0.885. The van der Waals surface area contributed by atoms with Crippen molar-refractivity contribution >= 4 is 17.3 Å². The van der Waals surface area contributed by atoms with Gasteiger partial charge in [0.15, 0.2) is 0 Å². The largest absolute Gasteiger partial charge is 0.388 e. The summed E-state index contributed by atoms with van der Waals surface area (Å²) in [4.78, 5) is 12.1. The molecule has 0 aliphatic carbocycles. The van der Waals surface area contributed by atoms with E-state index in [1.807, 2.05) is 39.2 Å². The number of hydrogen-bond donors (Lipinski definition) is 2. The molecule has 0 aliphatic heterocycles. The monoisotopic (exact) mass is 258 g/mol. The number of carbonyl (C=O) groups is 1. The number of nitrogens with one attached hydrogen (secondary N) is 2. The van der Waals surface area contributed by atoms with E-state index in [1.165, 1.54) is 0 Å². The van der Waals surface area contributed by atoms with Gasteiger partial charge < -0.3 is 10.6 Å². The third-order valence-corrected chi connectivity index (χ3v) is 2.97. The lowest BCUT2D eigenvalue weighted by atomic mass is 10.1. The Balaban J connectivity index is 2.13. The summed E-state index contributed by atoms with van der Waals surface area (Å²) in [6.45, 7) is 4.75. The summed E-state index contributed by atoms with van der Waals surface area (Å²) in [5.74, 6) is -0.124. The van der Waals surface area contributed by atoms with E-state index >= 15 is 0 Å². The summed E-state index contributed by atoms with van der Waals surface area (Å²) in [7, 11) is 1.86. The van der Waals surface area contributed by atoms with Crippen molar-refractivity contribution in [2.24, 2.45) is 0 Å². The normalized spacial score (nSPS) is 10.3. The average Bonchev–Trinajstić information content (AvgIpc) is 2.86. The molecule has 1 aromatic carbocycles. The summed E-state index contributed by atoms with van der Waals surface area (Å²) in [5, 5.41) is 10.0. The maximum Gasteiger partial charge on any atom is 0.255 e. The number of nitrogens with zero attached hydrogens (tertiary/aromatic N) is 2. The van der Waals surface area contributed by atoms with E-state index in [0.29, 0.717) is 11.3 Å². The highest BCUT2D eigenvalue weighted by atomic mass is 16.1. The maximum atomic E-state index is 12.1. The average molecular weight is 258 g/mol. The van der Waals surface area contributed by atoms with Crippen LogP contribution in [0, 0.1) is 6.92 Å². The van der Waals surface area contributed by atoms with Crippen molar-refractivity contribution in [2.45, 2.75) is 20.4 Å². The van der Waals surface area contributed by atoms with Crippen LogP contribution >= 0.6 is 0 Å². The number of benzene rings is 1. The first-order valence-electron chi connectivity index (χ1n) is 6.26. The molecule has 0 unspecified atom stereocenters. The summed E-state index contributed by atoms with van der Waals surface area (Å²) in [6, 6.07) is 5.57. The fourth-order valence-corrected chi connectivity index (χ4v) is 1.89. The predicted molar refractivity (Wildman–Crippen MR) is 76.6 cm³/mol. The number of aromatic nitrogens is 2. The molecule has 2 aromatic rings. The van der Waals surface area contributed by atoms with Crippen molar-refractivity contribution in [2.75, 3.05) is 17.7 Å². The second kappa shape index (κ2) is 5.56. The van der Waals surface area contributed by atoms with E-state index in [9.17, 15) is 4.79 Å². The van der Waals surface area contributed by atoms with Gasteiger partial charge in [0.1, 0.15) is 0 Å². The van der Waals surface area contributed by atoms with Crippen molar-refractivity contribution < 1.29 is 4.79 Å². The molecule has 1 aromatic heterocycles. The molecule has 5 nitrogen and oxygen atoms in total. The molecular weight excluding hydrogens is 240 g/mol. The van der Waals surface area contributed by atoms with E-state index in [-0.39, 0.29) is 5.91 Å². The van der Waals surface area contributed by atoms with Crippen LogP contribution < -0.4 is 10.6 Å². The highest BCUT2D eigenvalue weighted by Gasteiger charge is 2.08. The van der Waals surface area contributed by atoms with Gasteiger partial charge in [-0.3, -0.25) is 9.48 Å². The first-order chi connectivity index (χ1) is 9.13. The first kappa shape index (κ1) is 13.1. The molecule has 0 spiro atoms. The number of amides is 1. The van der Waals surface area contributed by atoms with Gasteiger partial charge in [0.05, 0.1) is 11.9 Å². The smallest absolute Gasteiger partial charge is 0.255 e. The van der Waals surface area contributed by atoms with Crippen LogP contribution in [0.5, 0.6) is 0 Å². The SMILES string of the molecule is CCn1cc(NC(=O)c2ccc(NC)c(C)c2)cn1. The number of aryl methyl sites for hydroxylation is 2. The third kappa shape index (κ3) is 2.93.